The van der Waals surface area contributed by atoms with Gasteiger partial charge in [0.15, 0.2) is 0 Å². The van der Waals surface area contributed by atoms with E-state index >= 15 is 0 Å². The molecular formula is C31H30F2N4O5S. The quantitative estimate of drug-likeness (QED) is 0.279. The summed E-state index contributed by atoms with van der Waals surface area (Å²) < 4.78 is 36.6. The number of alkyl halides is 2. The third kappa shape index (κ3) is 6.66. The van der Waals surface area contributed by atoms with Crippen LogP contribution in [-0.4, -0.2) is 61.0 Å². The van der Waals surface area contributed by atoms with Gasteiger partial charge in [-0.15, -0.1) is 0 Å². The summed E-state index contributed by atoms with van der Waals surface area (Å²) in [5, 5.41) is 8.74. The molecule has 0 saturated carbocycles. The topological polar surface area (TPSA) is 109 Å². The lowest BCUT2D eigenvalue weighted by Crippen LogP contribution is -2.48. The van der Waals surface area contributed by atoms with Gasteiger partial charge in [0.25, 0.3) is 5.91 Å². The van der Waals surface area contributed by atoms with Crippen LogP contribution in [-0.2, 0) is 33.8 Å². The number of nitrogens with zero attached hydrogens (tertiary/aromatic N) is 1. The van der Waals surface area contributed by atoms with Crippen LogP contribution in [0.2, 0.25) is 0 Å². The fourth-order valence-corrected chi connectivity index (χ4v) is 6.47. The number of amides is 3. The average Bonchev–Trinajstić information content (AvgIpc) is 3.44. The van der Waals surface area contributed by atoms with Crippen molar-refractivity contribution < 1.29 is 32.6 Å². The van der Waals surface area contributed by atoms with Crippen LogP contribution in [0.1, 0.15) is 33.5 Å². The molecule has 3 aromatic rings. The zero-order valence-electron chi connectivity index (χ0n) is 23.1. The summed E-state index contributed by atoms with van der Waals surface area (Å²) in [6.07, 6.45) is -0.191. The summed E-state index contributed by atoms with van der Waals surface area (Å²) >= 11 is 1.53. The van der Waals surface area contributed by atoms with Crippen molar-refractivity contribution in [2.24, 2.45) is 0 Å². The number of carbonyl (C=O) groups excluding carboxylic acids is 3. The Morgan fingerprint density at radius 1 is 1.02 bits per heavy atom. The summed E-state index contributed by atoms with van der Waals surface area (Å²) in [6, 6.07) is 17.6. The molecule has 0 bridgehead atoms. The number of hydrogen-bond donors (Lipinski definition) is 3. The van der Waals surface area contributed by atoms with E-state index < -0.39 is 43.0 Å². The monoisotopic (exact) mass is 608 g/mol. The normalized spacial score (nSPS) is 18.7. The zero-order chi connectivity index (χ0) is 29.9. The molecule has 43 heavy (non-hydrogen) atoms. The molecule has 3 aromatic carbocycles. The molecule has 224 valence electrons. The van der Waals surface area contributed by atoms with Crippen LogP contribution in [0, 0.1) is 0 Å². The van der Waals surface area contributed by atoms with Gasteiger partial charge in [-0.05, 0) is 60.0 Å². The van der Waals surface area contributed by atoms with Crippen LogP contribution in [0.3, 0.4) is 0 Å². The summed E-state index contributed by atoms with van der Waals surface area (Å²) in [6.45, 7) is -1.72. The Morgan fingerprint density at radius 3 is 2.72 bits per heavy atom. The molecule has 3 heterocycles. The first-order chi connectivity index (χ1) is 20.8. The van der Waals surface area contributed by atoms with Gasteiger partial charge in [-0.3, -0.25) is 14.4 Å². The molecule has 0 aromatic heterocycles. The van der Waals surface area contributed by atoms with Crippen LogP contribution >= 0.6 is 11.8 Å². The number of nitrogens with one attached hydrogen (secondary N) is 3. The fraction of sp³-hybridized carbons (Fsp3) is 0.323. The molecule has 3 amide bonds. The van der Waals surface area contributed by atoms with Crippen LogP contribution in [0.5, 0.6) is 11.5 Å². The maximum atomic E-state index is 13.2. The van der Waals surface area contributed by atoms with Gasteiger partial charge in [0.1, 0.15) is 17.5 Å². The van der Waals surface area contributed by atoms with E-state index in [0.717, 1.165) is 34.9 Å². The van der Waals surface area contributed by atoms with E-state index in [1.54, 1.807) is 18.2 Å². The minimum absolute atomic E-state index is 0.0764. The second kappa shape index (κ2) is 12.7. The molecule has 1 fully saturated rings. The number of likely N-dealkylation sites (tertiary alicyclic amines) is 1. The van der Waals surface area contributed by atoms with Gasteiger partial charge >= 0.3 is 6.61 Å². The van der Waals surface area contributed by atoms with E-state index in [2.05, 4.69) is 26.8 Å². The summed E-state index contributed by atoms with van der Waals surface area (Å²) in [5.41, 5.74) is 3.64. The Kier molecular flexibility index (Phi) is 8.59. The smallest absolute Gasteiger partial charge is 0.345 e. The van der Waals surface area contributed by atoms with Gasteiger partial charge in [0, 0.05) is 31.6 Å². The van der Waals surface area contributed by atoms with Gasteiger partial charge in [-0.1, -0.05) is 42.1 Å². The third-order valence-corrected chi connectivity index (χ3v) is 8.81. The lowest BCUT2D eigenvalue weighted by Gasteiger charge is -2.24. The molecule has 3 aliphatic rings. The Bertz CT molecular complexity index is 1550. The second-order valence-electron chi connectivity index (χ2n) is 10.6. The molecule has 0 unspecified atom stereocenters. The van der Waals surface area contributed by atoms with Gasteiger partial charge in [0.2, 0.25) is 11.8 Å². The van der Waals surface area contributed by atoms with Gasteiger partial charge < -0.3 is 30.3 Å². The largest absolute Gasteiger partial charge is 0.455 e. The molecule has 1 saturated heterocycles. The molecule has 3 N–H and O–H groups in total. The minimum Gasteiger partial charge on any atom is -0.455 e. The van der Waals surface area contributed by atoms with Crippen molar-refractivity contribution in [3.8, 4) is 11.5 Å². The van der Waals surface area contributed by atoms with E-state index in [0.29, 0.717) is 17.1 Å². The highest BCUT2D eigenvalue weighted by Crippen LogP contribution is 2.46. The van der Waals surface area contributed by atoms with Gasteiger partial charge in [0.05, 0.1) is 22.4 Å². The van der Waals surface area contributed by atoms with E-state index in [1.807, 2.05) is 36.4 Å². The number of para-hydroxylation sites is 1. The first kappa shape index (κ1) is 29.1. The van der Waals surface area contributed by atoms with Crippen molar-refractivity contribution in [3.05, 3.63) is 82.9 Å². The predicted octanol–water partition coefficient (Wildman–Crippen LogP) is 3.84. The lowest BCUT2D eigenvalue weighted by atomic mass is 9.98. The molecule has 6 rings (SSSR count). The second-order valence-corrected chi connectivity index (χ2v) is 11.6. The van der Waals surface area contributed by atoms with Crippen molar-refractivity contribution in [2.75, 3.05) is 19.6 Å². The maximum absolute atomic E-state index is 13.2. The number of benzene rings is 3. The standard InChI is InChI=1S/C31H30F2N4O5S/c32-31(33)41-22-13-23(30(40)35-14-18-5-6-21-15-34-10-9-19(21)11-18)37(17-22)28(38)16-36-29(39)20-7-8-27-25(12-20)42-24-3-1-2-4-26(24)43-27/h1-8,11-12,22-23,31,34H,9-10,13-17H2,(H,35,40)(H,36,39)/t22-,23+/m1/s1. The average molecular weight is 609 g/mol. The number of rotatable bonds is 8. The van der Waals surface area contributed by atoms with Gasteiger partial charge in [-0.25, -0.2) is 0 Å². The van der Waals surface area contributed by atoms with Crippen molar-refractivity contribution in [3.63, 3.8) is 0 Å². The summed E-state index contributed by atoms with van der Waals surface area (Å²) in [7, 11) is 0. The molecule has 2 atom stereocenters. The molecule has 12 heteroatoms. The van der Waals surface area contributed by atoms with Crippen LogP contribution in [0.15, 0.2) is 70.5 Å². The first-order valence-corrected chi connectivity index (χ1v) is 14.8. The number of hydrogen-bond acceptors (Lipinski definition) is 7. The molecule has 0 aliphatic carbocycles. The summed E-state index contributed by atoms with van der Waals surface area (Å²) in [4.78, 5) is 42.3. The third-order valence-electron chi connectivity index (χ3n) is 7.70. The maximum Gasteiger partial charge on any atom is 0.345 e. The summed E-state index contributed by atoms with van der Waals surface area (Å²) in [5.74, 6) is -0.332. The van der Waals surface area contributed by atoms with E-state index in [1.165, 1.54) is 27.8 Å². The number of fused-ring (bicyclic) bond motifs is 3. The van der Waals surface area contributed by atoms with Crippen molar-refractivity contribution in [1.29, 1.82) is 0 Å². The Hall–Kier alpha value is -4.00. The molecule has 0 radical (unpaired) electrons. The van der Waals surface area contributed by atoms with Crippen molar-refractivity contribution in [2.45, 2.75) is 54.5 Å². The van der Waals surface area contributed by atoms with Crippen molar-refractivity contribution >= 4 is 29.5 Å². The Balaban J connectivity index is 1.08. The molecule has 9 nitrogen and oxygen atoms in total. The van der Waals surface area contributed by atoms with E-state index in [-0.39, 0.29) is 19.5 Å². The van der Waals surface area contributed by atoms with E-state index in [9.17, 15) is 23.2 Å². The number of ether oxygens (including phenoxy) is 2. The molecule has 3 aliphatic heterocycles. The molecular weight excluding hydrogens is 578 g/mol. The SMILES string of the molecule is O=C(NCC(=O)N1C[C@H](OC(F)F)C[C@H]1C(=O)NCc1ccc2c(c1)CCNC2)c1ccc2c(c1)Oc1ccccc1S2. The minimum atomic E-state index is -3.04. The van der Waals surface area contributed by atoms with Crippen LogP contribution in [0.25, 0.3) is 0 Å². The van der Waals surface area contributed by atoms with Crippen molar-refractivity contribution in [1.82, 2.24) is 20.9 Å². The zero-order valence-corrected chi connectivity index (χ0v) is 23.9. The number of carbonyl (C=O) groups is 3. The predicted molar refractivity (Wildman–Crippen MR) is 154 cm³/mol. The lowest BCUT2D eigenvalue weighted by molar-refractivity contribution is -0.160. The van der Waals surface area contributed by atoms with Crippen LogP contribution in [0.4, 0.5) is 8.78 Å². The first-order valence-electron chi connectivity index (χ1n) is 14.0. The fourth-order valence-electron chi connectivity index (χ4n) is 5.54. The highest BCUT2D eigenvalue weighted by Gasteiger charge is 2.41. The number of halogens is 2. The van der Waals surface area contributed by atoms with Crippen LogP contribution < -0.4 is 20.7 Å². The van der Waals surface area contributed by atoms with Gasteiger partial charge in [-0.2, -0.15) is 8.78 Å². The molecule has 0 spiro atoms. The Morgan fingerprint density at radius 2 is 1.86 bits per heavy atom. The van der Waals surface area contributed by atoms with E-state index in [4.69, 9.17) is 4.74 Å². The highest BCUT2D eigenvalue weighted by molar-refractivity contribution is 7.99. The highest BCUT2D eigenvalue weighted by atomic mass is 32.2. The Labute approximate surface area is 251 Å².